The van der Waals surface area contributed by atoms with E-state index in [1.54, 1.807) is 11.6 Å². The molecular formula is C24H30N2O3. The maximum atomic E-state index is 11.2. The molecule has 0 bridgehead atoms. The molecular weight excluding hydrogens is 364 g/mol. The van der Waals surface area contributed by atoms with Crippen LogP contribution in [0.5, 0.6) is 0 Å². The number of hydroxylamine groups is 1. The summed E-state index contributed by atoms with van der Waals surface area (Å²) in [6.07, 6.45) is 6.00. The first kappa shape index (κ1) is 21.2. The van der Waals surface area contributed by atoms with Crippen LogP contribution in [0.4, 0.5) is 0 Å². The number of fused-ring (bicyclic) bond motifs is 1. The fourth-order valence-electron chi connectivity index (χ4n) is 4.19. The molecule has 1 atom stereocenters. The molecule has 0 heterocycles. The van der Waals surface area contributed by atoms with E-state index in [2.05, 4.69) is 49.1 Å². The summed E-state index contributed by atoms with van der Waals surface area (Å²) in [6, 6.07) is 13.1. The van der Waals surface area contributed by atoms with Crippen molar-refractivity contribution in [2.75, 3.05) is 19.7 Å². The lowest BCUT2D eigenvalue weighted by molar-refractivity contribution is -0.124. The maximum absolute atomic E-state index is 11.2. The molecule has 0 spiro atoms. The van der Waals surface area contributed by atoms with Gasteiger partial charge in [-0.25, -0.2) is 5.48 Å². The highest BCUT2D eigenvalue weighted by molar-refractivity contribution is 5.90. The van der Waals surface area contributed by atoms with Crippen LogP contribution in [0.3, 0.4) is 0 Å². The van der Waals surface area contributed by atoms with Gasteiger partial charge in [0, 0.05) is 25.2 Å². The van der Waals surface area contributed by atoms with Crippen LogP contribution in [0.1, 0.15) is 45.8 Å². The van der Waals surface area contributed by atoms with Crippen molar-refractivity contribution in [2.45, 2.75) is 39.2 Å². The van der Waals surface area contributed by atoms with Crippen molar-refractivity contribution in [3.8, 4) is 0 Å². The van der Waals surface area contributed by atoms with E-state index in [0.717, 1.165) is 31.4 Å². The number of nitrogens with one attached hydrogen (secondary N) is 1. The molecule has 0 aromatic heterocycles. The van der Waals surface area contributed by atoms with Crippen LogP contribution < -0.4 is 5.48 Å². The SMILES string of the molecule is Cc1ccc(C)c(CCN(CCO)C2CCc3cc(/C=C/C(=O)NO)ccc32)c1. The van der Waals surface area contributed by atoms with Crippen LogP contribution >= 0.6 is 0 Å². The molecule has 0 radical (unpaired) electrons. The largest absolute Gasteiger partial charge is 0.395 e. The Morgan fingerprint density at radius 1 is 1.21 bits per heavy atom. The van der Waals surface area contributed by atoms with Crippen molar-refractivity contribution in [2.24, 2.45) is 0 Å². The summed E-state index contributed by atoms with van der Waals surface area (Å²) in [5.41, 5.74) is 9.10. The summed E-state index contributed by atoms with van der Waals surface area (Å²) in [4.78, 5) is 13.6. The Balaban J connectivity index is 1.74. The normalized spacial score (nSPS) is 15.8. The van der Waals surface area contributed by atoms with Crippen molar-refractivity contribution in [3.05, 3.63) is 75.9 Å². The summed E-state index contributed by atoms with van der Waals surface area (Å²) in [7, 11) is 0. The number of aliphatic hydroxyl groups is 1. The minimum Gasteiger partial charge on any atom is -0.395 e. The Hall–Kier alpha value is -2.47. The Kier molecular flexibility index (Phi) is 7.20. The smallest absolute Gasteiger partial charge is 0.267 e. The summed E-state index contributed by atoms with van der Waals surface area (Å²) in [6.45, 7) is 6.00. The van der Waals surface area contributed by atoms with Gasteiger partial charge in [-0.15, -0.1) is 0 Å². The van der Waals surface area contributed by atoms with Crippen molar-refractivity contribution in [1.29, 1.82) is 0 Å². The van der Waals surface area contributed by atoms with Gasteiger partial charge in [0.25, 0.3) is 5.91 Å². The molecule has 0 saturated heterocycles. The number of rotatable bonds is 8. The van der Waals surface area contributed by atoms with Crippen molar-refractivity contribution in [1.82, 2.24) is 10.4 Å². The van der Waals surface area contributed by atoms with E-state index < -0.39 is 5.91 Å². The summed E-state index contributed by atoms with van der Waals surface area (Å²) in [5.74, 6) is -0.538. The highest BCUT2D eigenvalue weighted by Crippen LogP contribution is 2.36. The second-order valence-corrected chi connectivity index (χ2v) is 7.76. The monoisotopic (exact) mass is 394 g/mol. The van der Waals surface area contributed by atoms with E-state index in [1.165, 1.54) is 33.9 Å². The van der Waals surface area contributed by atoms with Crippen molar-refractivity contribution < 1.29 is 15.1 Å². The van der Waals surface area contributed by atoms with E-state index in [0.29, 0.717) is 12.6 Å². The van der Waals surface area contributed by atoms with E-state index in [1.807, 2.05) is 6.07 Å². The Morgan fingerprint density at radius 3 is 2.79 bits per heavy atom. The number of amides is 1. The van der Waals surface area contributed by atoms with Crippen molar-refractivity contribution >= 4 is 12.0 Å². The lowest BCUT2D eigenvalue weighted by Gasteiger charge is -2.29. The zero-order valence-corrected chi connectivity index (χ0v) is 17.2. The molecule has 3 N–H and O–H groups in total. The van der Waals surface area contributed by atoms with Crippen LogP contribution in [0.15, 0.2) is 42.5 Å². The average molecular weight is 395 g/mol. The van der Waals surface area contributed by atoms with Crippen LogP contribution in [0.2, 0.25) is 0 Å². The van der Waals surface area contributed by atoms with Gasteiger partial charge in [0.1, 0.15) is 0 Å². The third kappa shape index (κ3) is 5.32. The van der Waals surface area contributed by atoms with Gasteiger partial charge in [-0.3, -0.25) is 14.9 Å². The number of carbonyl (C=O) groups excluding carboxylic acids is 1. The second-order valence-electron chi connectivity index (χ2n) is 7.76. The molecule has 2 aromatic carbocycles. The highest BCUT2D eigenvalue weighted by atomic mass is 16.5. The first-order chi connectivity index (χ1) is 14.0. The summed E-state index contributed by atoms with van der Waals surface area (Å²) < 4.78 is 0. The maximum Gasteiger partial charge on any atom is 0.267 e. The molecule has 3 rings (SSSR count). The average Bonchev–Trinajstić information content (AvgIpc) is 3.14. The molecule has 0 aliphatic heterocycles. The lowest BCUT2D eigenvalue weighted by atomic mass is 10.0. The third-order valence-electron chi connectivity index (χ3n) is 5.75. The van der Waals surface area contributed by atoms with Gasteiger partial charge in [0.05, 0.1) is 6.61 Å². The van der Waals surface area contributed by atoms with E-state index in [9.17, 15) is 9.90 Å². The third-order valence-corrected chi connectivity index (χ3v) is 5.75. The second kappa shape index (κ2) is 9.83. The first-order valence-corrected chi connectivity index (χ1v) is 10.2. The van der Waals surface area contributed by atoms with E-state index >= 15 is 0 Å². The van der Waals surface area contributed by atoms with Crippen molar-refractivity contribution in [3.63, 3.8) is 0 Å². The lowest BCUT2D eigenvalue weighted by Crippen LogP contribution is -2.32. The number of hydrogen-bond donors (Lipinski definition) is 3. The quantitative estimate of drug-likeness (QED) is 0.365. The molecule has 5 heteroatoms. The molecule has 2 aromatic rings. The molecule has 0 saturated carbocycles. The number of carbonyl (C=O) groups is 1. The topological polar surface area (TPSA) is 72.8 Å². The Morgan fingerprint density at radius 2 is 2.03 bits per heavy atom. The molecule has 1 unspecified atom stereocenters. The van der Waals surface area contributed by atoms with E-state index in [4.69, 9.17) is 5.21 Å². The fraction of sp³-hybridized carbons (Fsp3) is 0.375. The molecule has 29 heavy (non-hydrogen) atoms. The van der Waals surface area contributed by atoms with Gasteiger partial charge in [0.15, 0.2) is 0 Å². The molecule has 0 fully saturated rings. The predicted molar refractivity (Wildman–Crippen MR) is 115 cm³/mol. The first-order valence-electron chi connectivity index (χ1n) is 10.2. The minimum absolute atomic E-state index is 0.149. The van der Waals surface area contributed by atoms with Crippen LogP contribution in [0.25, 0.3) is 6.08 Å². The summed E-state index contributed by atoms with van der Waals surface area (Å²) >= 11 is 0. The van der Waals surface area contributed by atoms with Gasteiger partial charge in [-0.2, -0.15) is 0 Å². The number of aryl methyl sites for hydroxylation is 3. The van der Waals surface area contributed by atoms with Crippen LogP contribution in [0, 0.1) is 13.8 Å². The molecule has 1 aliphatic carbocycles. The number of aliphatic hydroxyl groups excluding tert-OH is 1. The molecule has 154 valence electrons. The Bertz CT molecular complexity index is 892. The molecule has 5 nitrogen and oxygen atoms in total. The van der Waals surface area contributed by atoms with Crippen LogP contribution in [-0.2, 0) is 17.6 Å². The van der Waals surface area contributed by atoms with Gasteiger partial charge in [-0.1, -0.05) is 42.0 Å². The Labute approximate surface area is 172 Å². The standard InChI is InChI=1S/C24H30N2O3/c1-17-3-4-18(2)20(15-17)11-12-26(13-14-27)23-9-7-21-16-19(5-8-22(21)23)6-10-24(28)25-29/h3-6,8,10,15-16,23,27,29H,7,9,11-14H2,1-2H3,(H,25,28)/b10-6+. The number of nitrogens with zero attached hydrogens (tertiary/aromatic N) is 1. The number of benzene rings is 2. The van der Waals surface area contributed by atoms with Gasteiger partial charge in [-0.05, 0) is 67.0 Å². The fourth-order valence-corrected chi connectivity index (χ4v) is 4.19. The summed E-state index contributed by atoms with van der Waals surface area (Å²) in [5, 5.41) is 18.2. The van der Waals surface area contributed by atoms with E-state index in [-0.39, 0.29) is 6.61 Å². The minimum atomic E-state index is -0.538. The molecule has 1 amide bonds. The highest BCUT2D eigenvalue weighted by Gasteiger charge is 2.27. The predicted octanol–water partition coefficient (Wildman–Crippen LogP) is 3.35. The molecule has 1 aliphatic rings. The van der Waals surface area contributed by atoms with Gasteiger partial charge >= 0.3 is 0 Å². The van der Waals surface area contributed by atoms with Gasteiger partial charge < -0.3 is 5.11 Å². The zero-order valence-electron chi connectivity index (χ0n) is 17.2. The van der Waals surface area contributed by atoms with Gasteiger partial charge in [0.2, 0.25) is 0 Å². The number of hydrogen-bond acceptors (Lipinski definition) is 4. The van der Waals surface area contributed by atoms with Crippen LogP contribution in [-0.4, -0.2) is 40.8 Å². The zero-order chi connectivity index (χ0) is 20.8.